The number of nitrogens with one attached hydrogen (secondary N) is 2. The van der Waals surface area contributed by atoms with Crippen LogP contribution in [0.4, 0.5) is 11.4 Å². The minimum atomic E-state index is -0.0976. The van der Waals surface area contributed by atoms with Crippen molar-refractivity contribution in [3.63, 3.8) is 0 Å². The van der Waals surface area contributed by atoms with Gasteiger partial charge in [-0.15, -0.1) is 0 Å². The topological polar surface area (TPSA) is 59.6 Å². The van der Waals surface area contributed by atoms with Crippen LogP contribution in [0.3, 0.4) is 0 Å². The van der Waals surface area contributed by atoms with E-state index in [1.807, 2.05) is 48.5 Å². The molecule has 28 heavy (non-hydrogen) atoms. The van der Waals surface area contributed by atoms with E-state index in [2.05, 4.69) is 24.5 Å². The van der Waals surface area contributed by atoms with E-state index in [4.69, 9.17) is 9.47 Å². The van der Waals surface area contributed by atoms with Crippen molar-refractivity contribution in [3.8, 4) is 11.5 Å². The van der Waals surface area contributed by atoms with Crippen molar-refractivity contribution in [2.24, 2.45) is 0 Å². The van der Waals surface area contributed by atoms with E-state index < -0.39 is 0 Å². The number of carbonyl (C=O) groups excluding carboxylic acids is 1. The highest BCUT2D eigenvalue weighted by atomic mass is 16.5. The fourth-order valence-electron chi connectivity index (χ4n) is 2.63. The van der Waals surface area contributed by atoms with Crippen LogP contribution in [-0.4, -0.2) is 25.7 Å². The van der Waals surface area contributed by atoms with Gasteiger partial charge in [0.1, 0.15) is 11.5 Å². The molecular weight excluding hydrogens is 352 g/mol. The molecule has 0 heterocycles. The highest BCUT2D eigenvalue weighted by Gasteiger charge is 2.03. The number of amides is 1. The summed E-state index contributed by atoms with van der Waals surface area (Å²) in [5.41, 5.74) is 1.64. The Morgan fingerprint density at radius 2 is 1.36 bits per heavy atom. The molecule has 0 bridgehead atoms. The van der Waals surface area contributed by atoms with Gasteiger partial charge < -0.3 is 20.1 Å². The molecule has 0 aliphatic heterocycles. The molecule has 0 unspecified atom stereocenters. The monoisotopic (exact) mass is 384 g/mol. The Bertz CT molecular complexity index is 684. The first-order chi connectivity index (χ1) is 13.7. The first-order valence-electron chi connectivity index (χ1n) is 10.2. The molecule has 5 heteroatoms. The summed E-state index contributed by atoms with van der Waals surface area (Å²) in [6, 6.07) is 15.1. The number of ether oxygens (including phenoxy) is 2. The van der Waals surface area contributed by atoms with Crippen LogP contribution in [0.25, 0.3) is 0 Å². The molecule has 2 aromatic rings. The molecule has 2 aromatic carbocycles. The molecular formula is C23H32N2O3. The molecule has 2 N–H and O–H groups in total. The first kappa shape index (κ1) is 21.6. The van der Waals surface area contributed by atoms with Crippen molar-refractivity contribution in [2.45, 2.75) is 46.0 Å². The molecule has 0 radical (unpaired) electrons. The molecule has 0 atom stereocenters. The molecule has 2 rings (SSSR count). The SMILES string of the molecule is CCCCCCOc1ccc(NC(=O)CNc2ccc(OCCC)cc2)cc1. The average molecular weight is 385 g/mol. The van der Waals surface area contributed by atoms with Crippen LogP contribution in [0, 0.1) is 0 Å². The fraction of sp³-hybridized carbons (Fsp3) is 0.435. The van der Waals surface area contributed by atoms with E-state index in [0.29, 0.717) is 6.61 Å². The van der Waals surface area contributed by atoms with Crippen LogP contribution in [0.5, 0.6) is 11.5 Å². The van der Waals surface area contributed by atoms with Crippen molar-refractivity contribution < 1.29 is 14.3 Å². The molecule has 0 spiro atoms. The van der Waals surface area contributed by atoms with Crippen molar-refractivity contribution in [1.29, 1.82) is 0 Å². The van der Waals surface area contributed by atoms with Crippen molar-refractivity contribution in [3.05, 3.63) is 48.5 Å². The second-order valence-corrected chi connectivity index (χ2v) is 6.71. The number of hydrogen-bond donors (Lipinski definition) is 2. The third kappa shape index (κ3) is 8.33. The summed E-state index contributed by atoms with van der Waals surface area (Å²) in [5.74, 6) is 1.57. The normalized spacial score (nSPS) is 10.4. The molecule has 0 aromatic heterocycles. The van der Waals surface area contributed by atoms with Gasteiger partial charge in [0, 0.05) is 11.4 Å². The molecule has 0 aliphatic carbocycles. The number of anilines is 2. The lowest BCUT2D eigenvalue weighted by molar-refractivity contribution is -0.114. The summed E-state index contributed by atoms with van der Waals surface area (Å²) in [7, 11) is 0. The first-order valence-corrected chi connectivity index (χ1v) is 10.2. The zero-order valence-corrected chi connectivity index (χ0v) is 17.0. The summed E-state index contributed by atoms with van der Waals surface area (Å²) < 4.78 is 11.3. The van der Waals surface area contributed by atoms with Gasteiger partial charge in [0.2, 0.25) is 5.91 Å². The van der Waals surface area contributed by atoms with E-state index in [1.165, 1.54) is 19.3 Å². The lowest BCUT2D eigenvalue weighted by Gasteiger charge is -2.10. The Morgan fingerprint density at radius 1 is 0.750 bits per heavy atom. The summed E-state index contributed by atoms with van der Waals surface area (Å²) in [6.45, 7) is 5.91. The van der Waals surface area contributed by atoms with Gasteiger partial charge in [0.25, 0.3) is 0 Å². The molecule has 0 fully saturated rings. The zero-order chi connectivity index (χ0) is 20.0. The van der Waals surface area contributed by atoms with E-state index in [1.54, 1.807) is 0 Å². The zero-order valence-electron chi connectivity index (χ0n) is 17.0. The van der Waals surface area contributed by atoms with E-state index in [-0.39, 0.29) is 12.5 Å². The second-order valence-electron chi connectivity index (χ2n) is 6.71. The summed E-state index contributed by atoms with van der Waals surface area (Å²) in [4.78, 5) is 12.1. The van der Waals surface area contributed by atoms with Gasteiger partial charge in [-0.05, 0) is 61.4 Å². The van der Waals surface area contributed by atoms with Crippen LogP contribution in [0.1, 0.15) is 46.0 Å². The van der Waals surface area contributed by atoms with E-state index in [9.17, 15) is 4.79 Å². The quantitative estimate of drug-likeness (QED) is 0.449. The predicted molar refractivity (Wildman–Crippen MR) is 115 cm³/mol. The third-order valence-corrected chi connectivity index (χ3v) is 4.18. The molecule has 5 nitrogen and oxygen atoms in total. The minimum absolute atomic E-state index is 0.0976. The summed E-state index contributed by atoms with van der Waals surface area (Å²) in [5, 5.41) is 5.99. The average Bonchev–Trinajstić information content (AvgIpc) is 2.72. The molecule has 0 aliphatic rings. The van der Waals surface area contributed by atoms with Crippen molar-refractivity contribution in [1.82, 2.24) is 0 Å². The number of unbranched alkanes of at least 4 members (excludes halogenated alkanes) is 3. The number of carbonyl (C=O) groups is 1. The Morgan fingerprint density at radius 3 is 1.96 bits per heavy atom. The Balaban J connectivity index is 1.69. The van der Waals surface area contributed by atoms with Gasteiger partial charge in [-0.3, -0.25) is 4.79 Å². The third-order valence-electron chi connectivity index (χ3n) is 4.18. The van der Waals surface area contributed by atoms with Crippen LogP contribution in [0.15, 0.2) is 48.5 Å². The lowest BCUT2D eigenvalue weighted by Crippen LogP contribution is -2.21. The number of rotatable bonds is 13. The smallest absolute Gasteiger partial charge is 0.243 e. The fourth-order valence-corrected chi connectivity index (χ4v) is 2.63. The maximum atomic E-state index is 12.1. The maximum absolute atomic E-state index is 12.1. The standard InChI is InChI=1S/C23H32N2O3/c1-3-5-6-7-17-28-22-14-10-20(11-15-22)25-23(26)18-24-19-8-12-21(13-9-19)27-16-4-2/h8-15,24H,3-7,16-18H2,1-2H3,(H,25,26). The minimum Gasteiger partial charge on any atom is -0.494 e. The molecule has 152 valence electrons. The van der Waals surface area contributed by atoms with Crippen LogP contribution < -0.4 is 20.1 Å². The van der Waals surface area contributed by atoms with Crippen LogP contribution in [-0.2, 0) is 4.79 Å². The van der Waals surface area contributed by atoms with Gasteiger partial charge in [0.05, 0.1) is 19.8 Å². The van der Waals surface area contributed by atoms with E-state index in [0.717, 1.165) is 42.3 Å². The molecule has 0 saturated carbocycles. The maximum Gasteiger partial charge on any atom is 0.243 e. The highest BCUT2D eigenvalue weighted by Crippen LogP contribution is 2.17. The Hall–Kier alpha value is -2.69. The van der Waals surface area contributed by atoms with Gasteiger partial charge in [0.15, 0.2) is 0 Å². The molecule has 0 saturated heterocycles. The Kier molecular flexibility index (Phi) is 9.76. The van der Waals surface area contributed by atoms with Gasteiger partial charge in [-0.25, -0.2) is 0 Å². The highest BCUT2D eigenvalue weighted by molar-refractivity contribution is 5.93. The largest absolute Gasteiger partial charge is 0.494 e. The molecule has 1 amide bonds. The predicted octanol–water partition coefficient (Wildman–Crippen LogP) is 5.49. The van der Waals surface area contributed by atoms with Gasteiger partial charge in [-0.1, -0.05) is 33.1 Å². The second kappa shape index (κ2) is 12.7. The lowest BCUT2D eigenvalue weighted by atomic mass is 10.2. The number of benzene rings is 2. The van der Waals surface area contributed by atoms with Crippen molar-refractivity contribution >= 4 is 17.3 Å². The van der Waals surface area contributed by atoms with Crippen LogP contribution in [0.2, 0.25) is 0 Å². The van der Waals surface area contributed by atoms with Gasteiger partial charge in [-0.2, -0.15) is 0 Å². The van der Waals surface area contributed by atoms with Gasteiger partial charge >= 0.3 is 0 Å². The van der Waals surface area contributed by atoms with Crippen LogP contribution >= 0.6 is 0 Å². The van der Waals surface area contributed by atoms with E-state index >= 15 is 0 Å². The summed E-state index contributed by atoms with van der Waals surface area (Å²) in [6.07, 6.45) is 5.73. The Labute approximate surface area is 168 Å². The van der Waals surface area contributed by atoms with Crippen molar-refractivity contribution in [2.75, 3.05) is 30.4 Å². The summed E-state index contributed by atoms with van der Waals surface area (Å²) >= 11 is 0. The number of hydrogen-bond acceptors (Lipinski definition) is 4.